The first-order valence-electron chi connectivity index (χ1n) is 9.03. The lowest BCUT2D eigenvalue weighted by Gasteiger charge is -2.42. The van der Waals surface area contributed by atoms with Crippen LogP contribution in [-0.2, 0) is 13.1 Å². The lowest BCUT2D eigenvalue weighted by atomic mass is 9.83. The Hall–Kier alpha value is -2.80. The highest BCUT2D eigenvalue weighted by atomic mass is 16.1. The Morgan fingerprint density at radius 1 is 1.00 bits per heavy atom. The summed E-state index contributed by atoms with van der Waals surface area (Å²) in [4.78, 5) is 14.6. The number of tetrazole rings is 1. The van der Waals surface area contributed by atoms with Gasteiger partial charge in [0.05, 0.1) is 12.2 Å². The molecule has 132 valence electrons. The molecular formula is C19H20N6O. The largest absolute Gasteiger partial charge is 0.312 e. The third-order valence-electron chi connectivity index (χ3n) is 5.46. The van der Waals surface area contributed by atoms with E-state index >= 15 is 0 Å². The Morgan fingerprint density at radius 3 is 2.77 bits per heavy atom. The number of pyridine rings is 1. The second kappa shape index (κ2) is 6.17. The number of fused-ring (bicyclic) bond motifs is 4. The van der Waals surface area contributed by atoms with Crippen LogP contribution in [0.25, 0.3) is 5.69 Å². The van der Waals surface area contributed by atoms with Crippen LogP contribution in [-0.4, -0.2) is 42.8 Å². The molecule has 0 N–H and O–H groups in total. The summed E-state index contributed by atoms with van der Waals surface area (Å²) in [6, 6.07) is 15.6. The van der Waals surface area contributed by atoms with Crippen molar-refractivity contribution in [2.45, 2.75) is 25.4 Å². The molecule has 1 aromatic carbocycles. The maximum absolute atomic E-state index is 12.2. The van der Waals surface area contributed by atoms with E-state index < -0.39 is 0 Å². The maximum Gasteiger partial charge on any atom is 0.250 e. The molecule has 0 aliphatic carbocycles. The Balaban J connectivity index is 1.40. The van der Waals surface area contributed by atoms with Gasteiger partial charge < -0.3 is 4.57 Å². The SMILES string of the molecule is O=c1cccc2n1CC1CC2CN(Cc2nnnn2-c2ccccc2)C1. The predicted octanol–water partition coefficient (Wildman–Crippen LogP) is 1.44. The van der Waals surface area contributed by atoms with E-state index in [1.807, 2.05) is 45.6 Å². The number of para-hydroxylation sites is 1. The van der Waals surface area contributed by atoms with Crippen LogP contribution in [0.4, 0.5) is 0 Å². The second-order valence-corrected chi connectivity index (χ2v) is 7.23. The van der Waals surface area contributed by atoms with Crippen LogP contribution in [0.5, 0.6) is 0 Å². The number of hydrogen-bond acceptors (Lipinski definition) is 5. The van der Waals surface area contributed by atoms with Crippen molar-refractivity contribution in [3.63, 3.8) is 0 Å². The summed E-state index contributed by atoms with van der Waals surface area (Å²) in [5, 5.41) is 12.3. The smallest absolute Gasteiger partial charge is 0.250 e. The number of likely N-dealkylation sites (tertiary alicyclic amines) is 1. The van der Waals surface area contributed by atoms with Crippen LogP contribution in [0.1, 0.15) is 23.9 Å². The molecule has 0 saturated carbocycles. The first-order valence-corrected chi connectivity index (χ1v) is 9.03. The Labute approximate surface area is 150 Å². The third-order valence-corrected chi connectivity index (χ3v) is 5.46. The fourth-order valence-electron chi connectivity index (χ4n) is 4.40. The molecule has 0 radical (unpaired) electrons. The molecule has 3 aromatic rings. The van der Waals surface area contributed by atoms with Gasteiger partial charge in [-0.1, -0.05) is 24.3 Å². The maximum atomic E-state index is 12.2. The molecule has 1 saturated heterocycles. The van der Waals surface area contributed by atoms with E-state index in [9.17, 15) is 4.79 Å². The highest BCUT2D eigenvalue weighted by molar-refractivity contribution is 5.30. The Morgan fingerprint density at radius 2 is 1.88 bits per heavy atom. The monoisotopic (exact) mass is 348 g/mol. The number of aromatic nitrogens is 5. The molecule has 2 bridgehead atoms. The second-order valence-electron chi connectivity index (χ2n) is 7.23. The van der Waals surface area contributed by atoms with Gasteiger partial charge in [0, 0.05) is 37.3 Å². The number of benzene rings is 1. The van der Waals surface area contributed by atoms with Crippen molar-refractivity contribution in [3.05, 3.63) is 70.4 Å². The molecule has 2 aliphatic heterocycles. The van der Waals surface area contributed by atoms with Gasteiger partial charge in [0.15, 0.2) is 5.82 Å². The number of nitrogens with zero attached hydrogens (tertiary/aromatic N) is 6. The van der Waals surface area contributed by atoms with E-state index in [1.165, 1.54) is 5.69 Å². The van der Waals surface area contributed by atoms with Crippen molar-refractivity contribution < 1.29 is 0 Å². The molecule has 2 aromatic heterocycles. The van der Waals surface area contributed by atoms with Gasteiger partial charge in [-0.05, 0) is 41.0 Å². The molecule has 7 heteroatoms. The van der Waals surface area contributed by atoms with E-state index in [2.05, 4.69) is 26.5 Å². The summed E-state index contributed by atoms with van der Waals surface area (Å²) in [5.74, 6) is 1.75. The van der Waals surface area contributed by atoms with Crippen LogP contribution in [0.15, 0.2) is 53.3 Å². The van der Waals surface area contributed by atoms with Crippen molar-refractivity contribution in [3.8, 4) is 5.69 Å². The first kappa shape index (κ1) is 15.5. The normalized spacial score (nSPS) is 22.2. The highest BCUT2D eigenvalue weighted by Crippen LogP contribution is 2.35. The van der Waals surface area contributed by atoms with E-state index in [0.717, 1.165) is 37.6 Å². The van der Waals surface area contributed by atoms with Gasteiger partial charge in [-0.25, -0.2) is 0 Å². The quantitative estimate of drug-likeness (QED) is 0.716. The highest BCUT2D eigenvalue weighted by Gasteiger charge is 2.34. The van der Waals surface area contributed by atoms with Gasteiger partial charge in [0.1, 0.15) is 0 Å². The van der Waals surface area contributed by atoms with Crippen LogP contribution >= 0.6 is 0 Å². The summed E-state index contributed by atoms with van der Waals surface area (Å²) in [6.07, 6.45) is 1.16. The molecule has 0 amide bonds. The standard InChI is InChI=1S/C19H20N6O/c26-19-8-4-7-17-15-9-14(11-24(17)19)10-23(12-15)13-18-20-21-22-25(18)16-5-2-1-3-6-16/h1-8,14-15H,9-13H2. The molecule has 5 rings (SSSR count). The summed E-state index contributed by atoms with van der Waals surface area (Å²) in [7, 11) is 0. The lowest BCUT2D eigenvalue weighted by molar-refractivity contribution is 0.111. The molecule has 2 aliphatic rings. The molecule has 2 atom stereocenters. The Kier molecular flexibility index (Phi) is 3.67. The average molecular weight is 348 g/mol. The molecular weight excluding hydrogens is 328 g/mol. The van der Waals surface area contributed by atoms with Crippen LogP contribution < -0.4 is 5.56 Å². The topological polar surface area (TPSA) is 68.8 Å². The zero-order valence-electron chi connectivity index (χ0n) is 14.4. The predicted molar refractivity (Wildman–Crippen MR) is 96.0 cm³/mol. The van der Waals surface area contributed by atoms with Crippen LogP contribution in [0, 0.1) is 5.92 Å². The fraction of sp³-hybridized carbons (Fsp3) is 0.368. The zero-order chi connectivity index (χ0) is 17.5. The molecule has 4 heterocycles. The fourth-order valence-corrected chi connectivity index (χ4v) is 4.40. The summed E-state index contributed by atoms with van der Waals surface area (Å²) in [5.41, 5.74) is 2.27. The summed E-state index contributed by atoms with van der Waals surface area (Å²) in [6.45, 7) is 3.43. The molecule has 26 heavy (non-hydrogen) atoms. The lowest BCUT2D eigenvalue weighted by Crippen LogP contribution is -2.46. The van der Waals surface area contributed by atoms with Gasteiger partial charge in [0.25, 0.3) is 5.56 Å². The van der Waals surface area contributed by atoms with Crippen molar-refractivity contribution in [2.24, 2.45) is 5.92 Å². The minimum Gasteiger partial charge on any atom is -0.312 e. The Bertz CT molecular complexity index is 979. The van der Waals surface area contributed by atoms with Gasteiger partial charge >= 0.3 is 0 Å². The summed E-state index contributed by atoms with van der Waals surface area (Å²) < 4.78 is 3.77. The van der Waals surface area contributed by atoms with Gasteiger partial charge in [-0.2, -0.15) is 4.68 Å². The zero-order valence-corrected chi connectivity index (χ0v) is 14.4. The van der Waals surface area contributed by atoms with E-state index in [1.54, 1.807) is 6.07 Å². The van der Waals surface area contributed by atoms with Crippen molar-refractivity contribution in [1.29, 1.82) is 0 Å². The van der Waals surface area contributed by atoms with E-state index in [-0.39, 0.29) is 5.56 Å². The third kappa shape index (κ3) is 2.64. The average Bonchev–Trinajstić information content (AvgIpc) is 3.11. The van der Waals surface area contributed by atoms with Crippen LogP contribution in [0.3, 0.4) is 0 Å². The number of piperidine rings is 1. The molecule has 1 fully saturated rings. The summed E-state index contributed by atoms with van der Waals surface area (Å²) >= 11 is 0. The van der Waals surface area contributed by atoms with Crippen molar-refractivity contribution in [1.82, 2.24) is 29.7 Å². The van der Waals surface area contributed by atoms with E-state index in [0.29, 0.717) is 18.4 Å². The van der Waals surface area contributed by atoms with Gasteiger partial charge in [-0.15, -0.1) is 5.10 Å². The molecule has 2 unspecified atom stereocenters. The van der Waals surface area contributed by atoms with Crippen LogP contribution in [0.2, 0.25) is 0 Å². The number of hydrogen-bond donors (Lipinski definition) is 0. The van der Waals surface area contributed by atoms with Crippen molar-refractivity contribution >= 4 is 0 Å². The van der Waals surface area contributed by atoms with Gasteiger partial charge in [0.2, 0.25) is 0 Å². The van der Waals surface area contributed by atoms with E-state index in [4.69, 9.17) is 0 Å². The number of rotatable bonds is 3. The van der Waals surface area contributed by atoms with Gasteiger partial charge in [-0.3, -0.25) is 9.69 Å². The minimum atomic E-state index is 0.124. The minimum absolute atomic E-state index is 0.124. The van der Waals surface area contributed by atoms with Crippen molar-refractivity contribution in [2.75, 3.05) is 13.1 Å². The molecule has 0 spiro atoms. The molecule has 7 nitrogen and oxygen atoms in total. The first-order chi connectivity index (χ1) is 12.8.